The molecule has 4 heteroatoms. The van der Waals surface area contributed by atoms with Crippen LogP contribution in [0.15, 0.2) is 0 Å². The van der Waals surface area contributed by atoms with Crippen LogP contribution < -0.4 is 5.32 Å². The number of ether oxygens (including phenoxy) is 2. The first-order chi connectivity index (χ1) is 5.33. The molecule has 0 aromatic rings. The van der Waals surface area contributed by atoms with Crippen molar-refractivity contribution >= 4 is 6.09 Å². The van der Waals surface area contributed by atoms with Gasteiger partial charge in [-0.05, 0) is 19.3 Å². The molecule has 1 heterocycles. The smallest absolute Gasteiger partial charge is 0.408 e. The number of amides is 1. The lowest BCUT2D eigenvalue weighted by Crippen LogP contribution is -2.38. The van der Waals surface area contributed by atoms with E-state index in [0.29, 0.717) is 0 Å². The van der Waals surface area contributed by atoms with Gasteiger partial charge in [0, 0.05) is 6.61 Å². The second-order valence-electron chi connectivity index (χ2n) is 2.49. The number of rotatable bonds is 1. The number of hydrogen-bond acceptors (Lipinski definition) is 3. The standard InChI is InChI=1S/C7H13NO3/c1-10-7(9)8-6-4-2-3-5-11-6/h6H,2-5H2,1H3,(H,8,9). The summed E-state index contributed by atoms with van der Waals surface area (Å²) >= 11 is 0. The van der Waals surface area contributed by atoms with Gasteiger partial charge in [0.25, 0.3) is 0 Å². The molecule has 1 amide bonds. The summed E-state index contributed by atoms with van der Waals surface area (Å²) in [6.45, 7) is 0.731. The number of hydrogen-bond donors (Lipinski definition) is 1. The molecule has 1 atom stereocenters. The molecule has 1 rings (SSSR count). The molecule has 0 spiro atoms. The third-order valence-corrected chi connectivity index (χ3v) is 1.64. The van der Waals surface area contributed by atoms with Gasteiger partial charge in [0.2, 0.25) is 0 Å². The van der Waals surface area contributed by atoms with Gasteiger partial charge in [-0.3, -0.25) is 5.32 Å². The largest absolute Gasteiger partial charge is 0.453 e. The van der Waals surface area contributed by atoms with E-state index in [-0.39, 0.29) is 6.23 Å². The van der Waals surface area contributed by atoms with Gasteiger partial charge in [-0.2, -0.15) is 0 Å². The predicted octanol–water partition coefficient (Wildman–Crippen LogP) is 0.869. The first-order valence-corrected chi connectivity index (χ1v) is 3.79. The number of alkyl carbamates (subject to hydrolysis) is 1. The molecule has 1 saturated heterocycles. The number of carbonyl (C=O) groups is 1. The molecule has 1 unspecified atom stereocenters. The third-order valence-electron chi connectivity index (χ3n) is 1.64. The zero-order valence-corrected chi connectivity index (χ0v) is 6.63. The lowest BCUT2D eigenvalue weighted by Gasteiger charge is -2.22. The van der Waals surface area contributed by atoms with Crippen molar-refractivity contribution in [2.75, 3.05) is 13.7 Å². The lowest BCUT2D eigenvalue weighted by molar-refractivity contribution is -0.00369. The highest BCUT2D eigenvalue weighted by Gasteiger charge is 2.15. The van der Waals surface area contributed by atoms with Crippen LogP contribution in [-0.4, -0.2) is 26.0 Å². The minimum atomic E-state index is -0.420. The van der Waals surface area contributed by atoms with Crippen molar-refractivity contribution in [2.45, 2.75) is 25.5 Å². The molecule has 0 aromatic heterocycles. The Morgan fingerprint density at radius 3 is 3.00 bits per heavy atom. The topological polar surface area (TPSA) is 47.6 Å². The summed E-state index contributed by atoms with van der Waals surface area (Å²) in [5.74, 6) is 0. The van der Waals surface area contributed by atoms with Gasteiger partial charge < -0.3 is 9.47 Å². The Bertz CT molecular complexity index is 132. The van der Waals surface area contributed by atoms with Gasteiger partial charge in [0.1, 0.15) is 6.23 Å². The molecule has 0 radical (unpaired) electrons. The van der Waals surface area contributed by atoms with Gasteiger partial charge in [-0.15, -0.1) is 0 Å². The minimum Gasteiger partial charge on any atom is -0.453 e. The fourth-order valence-electron chi connectivity index (χ4n) is 1.04. The van der Waals surface area contributed by atoms with E-state index in [1.807, 2.05) is 0 Å². The fourth-order valence-corrected chi connectivity index (χ4v) is 1.04. The number of nitrogens with one attached hydrogen (secondary N) is 1. The van der Waals surface area contributed by atoms with Crippen molar-refractivity contribution in [3.8, 4) is 0 Å². The summed E-state index contributed by atoms with van der Waals surface area (Å²) in [6.07, 6.45) is 2.51. The highest BCUT2D eigenvalue weighted by Crippen LogP contribution is 2.09. The van der Waals surface area contributed by atoms with E-state index < -0.39 is 6.09 Å². The first kappa shape index (κ1) is 8.33. The van der Waals surface area contributed by atoms with Crippen LogP contribution in [0.2, 0.25) is 0 Å². The second-order valence-corrected chi connectivity index (χ2v) is 2.49. The van der Waals surface area contributed by atoms with E-state index in [2.05, 4.69) is 10.1 Å². The molecular formula is C7H13NO3. The van der Waals surface area contributed by atoms with Crippen LogP contribution in [0.4, 0.5) is 4.79 Å². The Kier molecular flexibility index (Phi) is 3.16. The van der Waals surface area contributed by atoms with Gasteiger partial charge in [0.15, 0.2) is 0 Å². The maximum absolute atomic E-state index is 10.7. The maximum atomic E-state index is 10.7. The van der Waals surface area contributed by atoms with Crippen molar-refractivity contribution in [1.82, 2.24) is 5.32 Å². The molecule has 0 aromatic carbocycles. The molecule has 0 saturated carbocycles. The Hall–Kier alpha value is -0.770. The minimum absolute atomic E-state index is 0.142. The van der Waals surface area contributed by atoms with Gasteiger partial charge in [0.05, 0.1) is 7.11 Å². The molecule has 4 nitrogen and oxygen atoms in total. The summed E-state index contributed by atoms with van der Waals surface area (Å²) < 4.78 is 9.66. The van der Waals surface area contributed by atoms with Crippen LogP contribution in [0.1, 0.15) is 19.3 Å². The van der Waals surface area contributed by atoms with Crippen molar-refractivity contribution in [3.05, 3.63) is 0 Å². The van der Waals surface area contributed by atoms with Crippen molar-refractivity contribution in [2.24, 2.45) is 0 Å². The van der Waals surface area contributed by atoms with E-state index in [0.717, 1.165) is 25.9 Å². The van der Waals surface area contributed by atoms with Crippen molar-refractivity contribution < 1.29 is 14.3 Å². The Labute approximate surface area is 65.9 Å². The Morgan fingerprint density at radius 2 is 2.45 bits per heavy atom. The summed E-state index contributed by atoms with van der Waals surface area (Å²) in [4.78, 5) is 10.7. The molecule has 1 fully saturated rings. The summed E-state index contributed by atoms with van der Waals surface area (Å²) in [7, 11) is 1.35. The van der Waals surface area contributed by atoms with Crippen molar-refractivity contribution in [3.63, 3.8) is 0 Å². The zero-order valence-electron chi connectivity index (χ0n) is 6.63. The van der Waals surface area contributed by atoms with E-state index >= 15 is 0 Å². The highest BCUT2D eigenvalue weighted by molar-refractivity contribution is 5.67. The van der Waals surface area contributed by atoms with Crippen LogP contribution in [0.25, 0.3) is 0 Å². The van der Waals surface area contributed by atoms with Gasteiger partial charge in [-0.25, -0.2) is 4.79 Å². The first-order valence-electron chi connectivity index (χ1n) is 3.79. The second kappa shape index (κ2) is 4.18. The summed E-state index contributed by atoms with van der Waals surface area (Å²) in [5.41, 5.74) is 0. The average Bonchev–Trinajstić information content (AvgIpc) is 2.06. The Balaban J connectivity index is 2.19. The van der Waals surface area contributed by atoms with Gasteiger partial charge >= 0.3 is 6.09 Å². The monoisotopic (exact) mass is 159 g/mol. The molecule has 0 bridgehead atoms. The van der Waals surface area contributed by atoms with Crippen LogP contribution in [0.5, 0.6) is 0 Å². The number of carbonyl (C=O) groups excluding carboxylic acids is 1. The summed E-state index contributed by atoms with van der Waals surface area (Å²) in [5, 5.41) is 2.59. The van der Waals surface area contributed by atoms with E-state index in [9.17, 15) is 4.79 Å². The summed E-state index contributed by atoms with van der Waals surface area (Å²) in [6, 6.07) is 0. The average molecular weight is 159 g/mol. The molecule has 1 N–H and O–H groups in total. The van der Waals surface area contributed by atoms with Crippen LogP contribution in [-0.2, 0) is 9.47 Å². The predicted molar refractivity (Wildman–Crippen MR) is 39.1 cm³/mol. The maximum Gasteiger partial charge on any atom is 0.408 e. The van der Waals surface area contributed by atoms with E-state index in [1.165, 1.54) is 7.11 Å². The van der Waals surface area contributed by atoms with Crippen LogP contribution >= 0.6 is 0 Å². The molecule has 11 heavy (non-hydrogen) atoms. The molecule has 1 aliphatic heterocycles. The highest BCUT2D eigenvalue weighted by atomic mass is 16.6. The molecule has 0 aliphatic carbocycles. The SMILES string of the molecule is COC(=O)NC1CCCCO1. The molecular weight excluding hydrogens is 146 g/mol. The Morgan fingerprint density at radius 1 is 1.64 bits per heavy atom. The van der Waals surface area contributed by atoms with Crippen LogP contribution in [0.3, 0.4) is 0 Å². The van der Waals surface area contributed by atoms with E-state index in [1.54, 1.807) is 0 Å². The number of methoxy groups -OCH3 is 1. The van der Waals surface area contributed by atoms with E-state index in [4.69, 9.17) is 4.74 Å². The normalized spacial score (nSPS) is 24.3. The zero-order chi connectivity index (χ0) is 8.10. The molecule has 64 valence electrons. The lowest BCUT2D eigenvalue weighted by atomic mass is 10.2. The third kappa shape index (κ3) is 2.76. The van der Waals surface area contributed by atoms with Crippen LogP contribution in [0, 0.1) is 0 Å². The quantitative estimate of drug-likeness (QED) is 0.617. The van der Waals surface area contributed by atoms with Gasteiger partial charge in [-0.1, -0.05) is 0 Å². The molecule has 1 aliphatic rings. The van der Waals surface area contributed by atoms with Crippen molar-refractivity contribution in [1.29, 1.82) is 0 Å². The fraction of sp³-hybridized carbons (Fsp3) is 0.857.